The summed E-state index contributed by atoms with van der Waals surface area (Å²) in [5.41, 5.74) is -1.37. The molecule has 0 aromatic carbocycles. The highest BCUT2D eigenvalue weighted by atomic mass is 16.5. The van der Waals surface area contributed by atoms with E-state index < -0.39 is 23.0 Å². The smallest absolute Gasteiger partial charge is 0.360 e. The van der Waals surface area contributed by atoms with Crippen molar-refractivity contribution in [2.24, 2.45) is 0 Å². The van der Waals surface area contributed by atoms with Gasteiger partial charge in [-0.05, 0) is 0 Å². The lowest BCUT2D eigenvalue weighted by Crippen LogP contribution is -2.19. The number of hydrogen-bond acceptors (Lipinski definition) is 6. The Labute approximate surface area is 93.7 Å². The number of H-pyrrole nitrogens is 1. The van der Waals surface area contributed by atoms with Crippen molar-refractivity contribution in [3.8, 4) is 11.8 Å². The summed E-state index contributed by atoms with van der Waals surface area (Å²) in [5.74, 6) is -1.78. The third kappa shape index (κ3) is 1.41. The van der Waals surface area contributed by atoms with Gasteiger partial charge in [0, 0.05) is 6.20 Å². The molecule has 0 aliphatic heterocycles. The molecule has 0 atom stereocenters. The first-order chi connectivity index (χ1) is 8.10. The molecule has 0 radical (unpaired) electrons. The number of hydrogen-bond donors (Lipinski definition) is 2. The van der Waals surface area contributed by atoms with Gasteiger partial charge in [0.2, 0.25) is 5.75 Å². The van der Waals surface area contributed by atoms with Gasteiger partial charge in [0.15, 0.2) is 11.3 Å². The molecule has 0 spiro atoms. The summed E-state index contributed by atoms with van der Waals surface area (Å²) >= 11 is 0. The molecule has 0 saturated heterocycles. The predicted octanol–water partition coefficient (Wildman–Crippen LogP) is -0.614. The number of rotatable bonds is 1. The molecule has 0 unspecified atom stereocenters. The van der Waals surface area contributed by atoms with E-state index in [2.05, 4.69) is 14.8 Å². The fourth-order valence-electron chi connectivity index (χ4n) is 1.33. The van der Waals surface area contributed by atoms with Crippen molar-refractivity contribution in [1.29, 1.82) is 5.26 Å². The lowest BCUT2D eigenvalue weighted by Gasteiger charge is -2.01. The van der Waals surface area contributed by atoms with Crippen LogP contribution >= 0.6 is 0 Å². The first-order valence-corrected chi connectivity index (χ1v) is 4.41. The van der Waals surface area contributed by atoms with Gasteiger partial charge in [-0.2, -0.15) is 9.78 Å². The first-order valence-electron chi connectivity index (χ1n) is 4.41. The van der Waals surface area contributed by atoms with Gasteiger partial charge >= 0.3 is 11.5 Å². The van der Waals surface area contributed by atoms with Gasteiger partial charge < -0.3 is 9.84 Å². The minimum Gasteiger partial charge on any atom is -0.501 e. The highest BCUT2D eigenvalue weighted by molar-refractivity contribution is 5.90. The Bertz CT molecular complexity index is 706. The Hall–Kier alpha value is -2.82. The normalized spacial score (nSPS) is 10.1. The van der Waals surface area contributed by atoms with Crippen LogP contribution in [-0.4, -0.2) is 32.8 Å². The number of carbonyl (C=O) groups is 1. The molecule has 17 heavy (non-hydrogen) atoms. The molecule has 8 nitrogen and oxygen atoms in total. The van der Waals surface area contributed by atoms with Crippen molar-refractivity contribution in [2.75, 3.05) is 7.11 Å². The van der Waals surface area contributed by atoms with Crippen LogP contribution in [0.5, 0.6) is 5.75 Å². The maximum absolute atomic E-state index is 11.6. The zero-order valence-electron chi connectivity index (χ0n) is 8.59. The molecule has 2 heterocycles. The van der Waals surface area contributed by atoms with Crippen molar-refractivity contribution in [3.05, 3.63) is 27.8 Å². The first kappa shape index (κ1) is 10.7. The van der Waals surface area contributed by atoms with Crippen molar-refractivity contribution in [2.45, 2.75) is 0 Å². The molecular weight excluding hydrogens is 228 g/mol. The van der Waals surface area contributed by atoms with E-state index in [-0.39, 0.29) is 11.2 Å². The summed E-state index contributed by atoms with van der Waals surface area (Å²) < 4.78 is 5.23. The zero-order valence-corrected chi connectivity index (χ0v) is 8.59. The molecule has 8 heteroatoms. The lowest BCUT2D eigenvalue weighted by molar-refractivity contribution is 0.0590. The Morgan fingerprint density at radius 1 is 1.71 bits per heavy atom. The van der Waals surface area contributed by atoms with E-state index in [4.69, 9.17) is 5.26 Å². The maximum atomic E-state index is 11.6. The lowest BCUT2D eigenvalue weighted by atomic mass is 10.3. The summed E-state index contributed by atoms with van der Waals surface area (Å²) in [6.07, 6.45) is 1.24. The second-order valence-corrected chi connectivity index (χ2v) is 3.06. The van der Waals surface area contributed by atoms with Gasteiger partial charge in [0.1, 0.15) is 11.6 Å². The number of fused-ring (bicyclic) bond motifs is 1. The highest BCUT2D eigenvalue weighted by Gasteiger charge is 2.21. The topological polar surface area (TPSA) is 120 Å². The zero-order chi connectivity index (χ0) is 12.6. The van der Waals surface area contributed by atoms with E-state index in [9.17, 15) is 14.7 Å². The summed E-state index contributed by atoms with van der Waals surface area (Å²) in [6.45, 7) is 0. The molecule has 0 bridgehead atoms. The molecule has 0 aliphatic rings. The number of aromatic hydroxyl groups is 1. The van der Waals surface area contributed by atoms with Gasteiger partial charge in [-0.3, -0.25) is 9.89 Å². The van der Waals surface area contributed by atoms with Gasteiger partial charge in [-0.15, -0.1) is 0 Å². The number of carbonyl (C=O) groups excluding carboxylic acids is 1. The van der Waals surface area contributed by atoms with E-state index in [0.29, 0.717) is 0 Å². The number of methoxy groups -OCH3 is 1. The number of aromatic amines is 1. The number of nitrogens with zero attached hydrogens (tertiary/aromatic N) is 3. The van der Waals surface area contributed by atoms with Crippen LogP contribution in [0.4, 0.5) is 0 Å². The van der Waals surface area contributed by atoms with Crippen molar-refractivity contribution < 1.29 is 14.6 Å². The third-order valence-electron chi connectivity index (χ3n) is 2.14. The van der Waals surface area contributed by atoms with E-state index in [1.807, 2.05) is 0 Å². The van der Waals surface area contributed by atoms with Gasteiger partial charge in [0.25, 0.3) is 0 Å². The van der Waals surface area contributed by atoms with Crippen molar-refractivity contribution in [1.82, 2.24) is 14.6 Å². The number of ether oxygens (including phenoxy) is 1. The SMILES string of the molecule is COC(=O)c1nc2c(C#N)c[nH]n2c(=O)c1O. The molecule has 2 aromatic heterocycles. The largest absolute Gasteiger partial charge is 0.501 e. The maximum Gasteiger partial charge on any atom is 0.360 e. The fraction of sp³-hybridized carbons (Fsp3) is 0.111. The summed E-state index contributed by atoms with van der Waals surface area (Å²) in [7, 11) is 1.09. The van der Waals surface area contributed by atoms with E-state index >= 15 is 0 Å². The van der Waals surface area contributed by atoms with Crippen LogP contribution in [0.25, 0.3) is 5.65 Å². The van der Waals surface area contributed by atoms with Crippen LogP contribution in [0.3, 0.4) is 0 Å². The average Bonchev–Trinajstić information content (AvgIpc) is 2.75. The monoisotopic (exact) mass is 234 g/mol. The Kier molecular flexibility index (Phi) is 2.29. The van der Waals surface area contributed by atoms with Crippen LogP contribution in [0, 0.1) is 11.3 Å². The second kappa shape index (κ2) is 3.64. The average molecular weight is 234 g/mol. The van der Waals surface area contributed by atoms with Gasteiger partial charge in [0.05, 0.1) is 7.11 Å². The summed E-state index contributed by atoms with van der Waals surface area (Å²) in [5, 5.41) is 20.7. The Balaban J connectivity index is 2.89. The molecule has 0 aliphatic carbocycles. The second-order valence-electron chi connectivity index (χ2n) is 3.06. The Morgan fingerprint density at radius 2 is 2.41 bits per heavy atom. The van der Waals surface area contributed by atoms with E-state index in [1.54, 1.807) is 6.07 Å². The number of nitrogens with one attached hydrogen (secondary N) is 1. The van der Waals surface area contributed by atoms with E-state index in [0.717, 1.165) is 11.6 Å². The molecule has 0 saturated carbocycles. The quantitative estimate of drug-likeness (QED) is 0.634. The molecule has 2 rings (SSSR count). The van der Waals surface area contributed by atoms with Crippen LogP contribution < -0.4 is 5.56 Å². The summed E-state index contributed by atoms with van der Waals surface area (Å²) in [4.78, 5) is 26.6. The van der Waals surface area contributed by atoms with Crippen molar-refractivity contribution >= 4 is 11.6 Å². The molecule has 2 aromatic rings. The van der Waals surface area contributed by atoms with Gasteiger partial charge in [-0.1, -0.05) is 0 Å². The summed E-state index contributed by atoms with van der Waals surface area (Å²) in [6, 6.07) is 1.79. The highest BCUT2D eigenvalue weighted by Crippen LogP contribution is 2.13. The number of aromatic nitrogens is 3. The third-order valence-corrected chi connectivity index (χ3v) is 2.14. The minimum atomic E-state index is -0.952. The van der Waals surface area contributed by atoms with Crippen LogP contribution in [-0.2, 0) is 4.74 Å². The molecule has 86 valence electrons. The molecule has 0 fully saturated rings. The molecule has 0 amide bonds. The van der Waals surface area contributed by atoms with Crippen LogP contribution in [0.15, 0.2) is 11.0 Å². The molecule has 2 N–H and O–H groups in total. The standard InChI is InChI=1S/C9H6N4O4/c1-17-9(16)5-6(14)8(15)13-7(12-5)4(2-10)3-11-13/h3,11,14H,1H3. The predicted molar refractivity (Wildman–Crippen MR) is 53.5 cm³/mol. The molecular formula is C9H6N4O4. The minimum absolute atomic E-state index is 0.0456. The van der Waals surface area contributed by atoms with Crippen LogP contribution in [0.2, 0.25) is 0 Å². The van der Waals surface area contributed by atoms with E-state index in [1.165, 1.54) is 6.20 Å². The fourth-order valence-corrected chi connectivity index (χ4v) is 1.33. The van der Waals surface area contributed by atoms with Gasteiger partial charge in [-0.25, -0.2) is 9.78 Å². The number of nitriles is 1. The number of esters is 1. The Morgan fingerprint density at radius 3 is 3.00 bits per heavy atom. The van der Waals surface area contributed by atoms with Crippen molar-refractivity contribution in [3.63, 3.8) is 0 Å². The van der Waals surface area contributed by atoms with Crippen LogP contribution in [0.1, 0.15) is 16.1 Å².